The lowest BCUT2D eigenvalue weighted by Crippen LogP contribution is -2.49. The minimum atomic E-state index is -0.454. The van der Waals surface area contributed by atoms with Gasteiger partial charge in [-0.25, -0.2) is 0 Å². The maximum Gasteiger partial charge on any atom is 0.288 e. The number of hydrogen-bond acceptors (Lipinski definition) is 4. The third-order valence-electron chi connectivity index (χ3n) is 5.04. The van der Waals surface area contributed by atoms with Crippen molar-refractivity contribution in [1.29, 1.82) is 0 Å². The van der Waals surface area contributed by atoms with Crippen molar-refractivity contribution >= 4 is 23.2 Å². The SMILES string of the molecule is O=C(C1CCCC1)N1CCN(Cc2cccc([N+](=O)[O-])c2Cl)CC1. The van der Waals surface area contributed by atoms with Crippen LogP contribution >= 0.6 is 11.6 Å². The van der Waals surface area contributed by atoms with Crippen molar-refractivity contribution in [3.63, 3.8) is 0 Å². The molecular formula is C17H22ClN3O3. The molecule has 1 saturated heterocycles. The van der Waals surface area contributed by atoms with E-state index in [4.69, 9.17) is 11.6 Å². The second-order valence-electron chi connectivity index (χ2n) is 6.59. The van der Waals surface area contributed by atoms with Gasteiger partial charge in [-0.05, 0) is 18.4 Å². The summed E-state index contributed by atoms with van der Waals surface area (Å²) >= 11 is 6.16. The highest BCUT2D eigenvalue weighted by atomic mass is 35.5. The van der Waals surface area contributed by atoms with Gasteiger partial charge in [0.05, 0.1) is 4.92 Å². The van der Waals surface area contributed by atoms with Crippen molar-refractivity contribution in [2.24, 2.45) is 5.92 Å². The molecule has 1 aliphatic heterocycles. The molecule has 0 atom stereocenters. The molecule has 0 bridgehead atoms. The molecule has 1 aliphatic carbocycles. The number of halogens is 1. The van der Waals surface area contributed by atoms with E-state index in [9.17, 15) is 14.9 Å². The van der Waals surface area contributed by atoms with E-state index in [0.29, 0.717) is 12.5 Å². The lowest BCUT2D eigenvalue weighted by molar-refractivity contribution is -0.384. The fraction of sp³-hybridized carbons (Fsp3) is 0.588. The average Bonchev–Trinajstić information content (AvgIpc) is 3.11. The minimum absolute atomic E-state index is 0.0517. The molecule has 2 fully saturated rings. The van der Waals surface area contributed by atoms with Crippen LogP contribution in [0.15, 0.2) is 18.2 Å². The standard InChI is InChI=1S/C17H22ClN3O3/c18-16-14(6-3-7-15(16)21(23)24)12-19-8-10-20(11-9-19)17(22)13-4-1-2-5-13/h3,6-7,13H,1-2,4-5,8-12H2. The van der Waals surface area contributed by atoms with Gasteiger partial charge in [-0.1, -0.05) is 36.6 Å². The number of piperazine rings is 1. The van der Waals surface area contributed by atoms with Gasteiger partial charge < -0.3 is 4.90 Å². The molecule has 130 valence electrons. The van der Waals surface area contributed by atoms with E-state index in [1.54, 1.807) is 6.07 Å². The van der Waals surface area contributed by atoms with Gasteiger partial charge in [0, 0.05) is 44.7 Å². The van der Waals surface area contributed by atoms with Crippen molar-refractivity contribution in [1.82, 2.24) is 9.80 Å². The number of amides is 1. The molecule has 2 aliphatic rings. The molecular weight excluding hydrogens is 330 g/mol. The molecule has 3 rings (SSSR count). The average molecular weight is 352 g/mol. The van der Waals surface area contributed by atoms with Gasteiger partial charge in [-0.15, -0.1) is 0 Å². The summed E-state index contributed by atoms with van der Waals surface area (Å²) in [5.41, 5.74) is 0.714. The molecule has 1 aromatic rings. The van der Waals surface area contributed by atoms with Crippen molar-refractivity contribution in [3.8, 4) is 0 Å². The summed E-state index contributed by atoms with van der Waals surface area (Å²) < 4.78 is 0. The summed E-state index contributed by atoms with van der Waals surface area (Å²) in [6, 6.07) is 4.91. The molecule has 1 saturated carbocycles. The van der Waals surface area contributed by atoms with Crippen LogP contribution < -0.4 is 0 Å². The summed E-state index contributed by atoms with van der Waals surface area (Å²) in [4.78, 5) is 27.1. The zero-order chi connectivity index (χ0) is 17.1. The predicted molar refractivity (Wildman–Crippen MR) is 91.9 cm³/mol. The molecule has 0 aromatic heterocycles. The Morgan fingerprint density at radius 3 is 2.50 bits per heavy atom. The minimum Gasteiger partial charge on any atom is -0.340 e. The Balaban J connectivity index is 1.57. The van der Waals surface area contributed by atoms with Crippen LogP contribution in [0.1, 0.15) is 31.2 Å². The Morgan fingerprint density at radius 1 is 1.21 bits per heavy atom. The highest BCUT2D eigenvalue weighted by Gasteiger charge is 2.29. The molecule has 0 N–H and O–H groups in total. The third kappa shape index (κ3) is 3.70. The van der Waals surface area contributed by atoms with E-state index < -0.39 is 4.92 Å². The summed E-state index contributed by atoms with van der Waals surface area (Å²) in [6.07, 6.45) is 4.40. The van der Waals surface area contributed by atoms with Crippen molar-refractivity contribution in [3.05, 3.63) is 38.9 Å². The normalized spacial score (nSPS) is 19.6. The van der Waals surface area contributed by atoms with Crippen LogP contribution in [0, 0.1) is 16.0 Å². The molecule has 0 radical (unpaired) electrons. The van der Waals surface area contributed by atoms with Crippen LogP contribution in [0.5, 0.6) is 0 Å². The molecule has 1 aromatic carbocycles. The number of carbonyl (C=O) groups is 1. The van der Waals surface area contributed by atoms with Gasteiger partial charge in [-0.3, -0.25) is 19.8 Å². The third-order valence-corrected chi connectivity index (χ3v) is 5.47. The molecule has 0 unspecified atom stereocenters. The number of hydrogen-bond donors (Lipinski definition) is 0. The van der Waals surface area contributed by atoms with E-state index in [1.807, 2.05) is 11.0 Å². The van der Waals surface area contributed by atoms with Crippen LogP contribution in [0.4, 0.5) is 5.69 Å². The lowest BCUT2D eigenvalue weighted by atomic mass is 10.1. The fourth-order valence-electron chi connectivity index (χ4n) is 3.63. The maximum absolute atomic E-state index is 12.5. The molecule has 0 spiro atoms. The Morgan fingerprint density at radius 2 is 1.88 bits per heavy atom. The zero-order valence-electron chi connectivity index (χ0n) is 13.6. The topological polar surface area (TPSA) is 66.7 Å². The second-order valence-corrected chi connectivity index (χ2v) is 6.97. The summed E-state index contributed by atoms with van der Waals surface area (Å²) in [6.45, 7) is 3.57. The van der Waals surface area contributed by atoms with E-state index >= 15 is 0 Å². The number of rotatable bonds is 4. The Labute approximate surface area is 146 Å². The van der Waals surface area contributed by atoms with Gasteiger partial charge in [-0.2, -0.15) is 0 Å². The molecule has 1 heterocycles. The fourth-order valence-corrected chi connectivity index (χ4v) is 3.88. The zero-order valence-corrected chi connectivity index (χ0v) is 14.4. The van der Waals surface area contributed by atoms with Crippen LogP contribution in [-0.2, 0) is 11.3 Å². The van der Waals surface area contributed by atoms with Crippen LogP contribution in [0.3, 0.4) is 0 Å². The quantitative estimate of drug-likeness (QED) is 0.617. The Hall–Kier alpha value is -1.66. The first-order chi connectivity index (χ1) is 11.6. The number of benzene rings is 1. The molecule has 1 amide bonds. The Bertz CT molecular complexity index is 624. The van der Waals surface area contributed by atoms with Gasteiger partial charge in [0.15, 0.2) is 0 Å². The second kappa shape index (κ2) is 7.49. The maximum atomic E-state index is 12.5. The number of carbonyl (C=O) groups excluding carboxylic acids is 1. The number of nitro benzene ring substituents is 1. The molecule has 24 heavy (non-hydrogen) atoms. The van der Waals surface area contributed by atoms with Gasteiger partial charge in [0.1, 0.15) is 5.02 Å². The van der Waals surface area contributed by atoms with Gasteiger partial charge in [0.25, 0.3) is 5.69 Å². The first-order valence-corrected chi connectivity index (χ1v) is 8.87. The van der Waals surface area contributed by atoms with E-state index in [0.717, 1.165) is 44.6 Å². The monoisotopic (exact) mass is 351 g/mol. The summed E-state index contributed by atoms with van der Waals surface area (Å²) in [7, 11) is 0. The van der Waals surface area contributed by atoms with Crippen molar-refractivity contribution in [2.75, 3.05) is 26.2 Å². The summed E-state index contributed by atoms with van der Waals surface area (Å²) in [5.74, 6) is 0.531. The van der Waals surface area contributed by atoms with E-state index in [2.05, 4.69) is 4.90 Å². The van der Waals surface area contributed by atoms with E-state index in [1.165, 1.54) is 18.9 Å². The lowest BCUT2D eigenvalue weighted by Gasteiger charge is -2.36. The van der Waals surface area contributed by atoms with Gasteiger partial charge >= 0.3 is 0 Å². The van der Waals surface area contributed by atoms with Gasteiger partial charge in [0.2, 0.25) is 5.91 Å². The predicted octanol–water partition coefficient (Wildman–Crippen LogP) is 3.08. The van der Waals surface area contributed by atoms with Crippen molar-refractivity contribution in [2.45, 2.75) is 32.2 Å². The smallest absolute Gasteiger partial charge is 0.288 e. The molecule has 6 nitrogen and oxygen atoms in total. The van der Waals surface area contributed by atoms with Crippen molar-refractivity contribution < 1.29 is 9.72 Å². The number of nitrogens with zero attached hydrogens (tertiary/aromatic N) is 3. The van der Waals surface area contributed by atoms with Crippen LogP contribution in [0.25, 0.3) is 0 Å². The first kappa shape index (κ1) is 17.2. The van der Waals surface area contributed by atoms with E-state index in [-0.39, 0.29) is 16.6 Å². The molecule has 7 heteroatoms. The Kier molecular flexibility index (Phi) is 5.36. The van der Waals surface area contributed by atoms with Crippen LogP contribution in [-0.4, -0.2) is 46.8 Å². The highest BCUT2D eigenvalue weighted by molar-refractivity contribution is 6.33. The summed E-state index contributed by atoms with van der Waals surface area (Å²) in [5, 5.41) is 11.2. The van der Waals surface area contributed by atoms with Crippen LogP contribution in [0.2, 0.25) is 5.02 Å². The first-order valence-electron chi connectivity index (χ1n) is 8.49. The number of nitro groups is 1. The largest absolute Gasteiger partial charge is 0.340 e. The highest BCUT2D eigenvalue weighted by Crippen LogP contribution is 2.29.